The van der Waals surface area contributed by atoms with Gasteiger partial charge in [0.1, 0.15) is 11.6 Å². The summed E-state index contributed by atoms with van der Waals surface area (Å²) in [5.41, 5.74) is 2.16. The van der Waals surface area contributed by atoms with Gasteiger partial charge in [-0.25, -0.2) is 9.97 Å². The number of piperazine rings is 1. The summed E-state index contributed by atoms with van der Waals surface area (Å²) in [5.74, 6) is 2.63. The summed E-state index contributed by atoms with van der Waals surface area (Å²) in [7, 11) is 0. The van der Waals surface area contributed by atoms with E-state index in [1.165, 1.54) is 0 Å². The van der Waals surface area contributed by atoms with Gasteiger partial charge in [0.25, 0.3) is 0 Å². The molecule has 1 N–H and O–H groups in total. The predicted octanol–water partition coefficient (Wildman–Crippen LogP) is 3.54. The normalized spacial score (nSPS) is 16.2. The summed E-state index contributed by atoms with van der Waals surface area (Å²) in [6, 6.07) is 12.3. The summed E-state index contributed by atoms with van der Waals surface area (Å²) in [6.45, 7) is 14.4. The van der Waals surface area contributed by atoms with Gasteiger partial charge < -0.3 is 10.2 Å². The van der Waals surface area contributed by atoms with Crippen molar-refractivity contribution in [1.82, 2.24) is 20.2 Å². The zero-order valence-corrected chi connectivity index (χ0v) is 18.9. The first-order valence-electron chi connectivity index (χ1n) is 11.0. The lowest BCUT2D eigenvalue weighted by molar-refractivity contribution is -0.123. The monoisotopic (exact) mass is 409 g/mol. The fraction of sp³-hybridized carbons (Fsp3) is 0.542. The third-order valence-electron chi connectivity index (χ3n) is 5.58. The molecule has 0 bridgehead atoms. The smallest absolute Gasteiger partial charge is 0.234 e. The Labute approximate surface area is 180 Å². The van der Waals surface area contributed by atoms with E-state index in [0.717, 1.165) is 49.1 Å². The number of anilines is 1. The molecule has 162 valence electrons. The first-order chi connectivity index (χ1) is 14.3. The second-order valence-corrected chi connectivity index (χ2v) is 8.84. The summed E-state index contributed by atoms with van der Waals surface area (Å²) < 4.78 is 0. The van der Waals surface area contributed by atoms with Gasteiger partial charge in [0, 0.05) is 43.9 Å². The Hall–Kier alpha value is -2.47. The predicted molar refractivity (Wildman–Crippen MR) is 122 cm³/mol. The molecule has 30 heavy (non-hydrogen) atoms. The van der Waals surface area contributed by atoms with E-state index in [1.54, 1.807) is 0 Å². The van der Waals surface area contributed by atoms with E-state index in [9.17, 15) is 4.79 Å². The van der Waals surface area contributed by atoms with E-state index < -0.39 is 0 Å². The van der Waals surface area contributed by atoms with Gasteiger partial charge in [-0.1, -0.05) is 58.0 Å². The highest BCUT2D eigenvalue weighted by molar-refractivity contribution is 5.78. The maximum absolute atomic E-state index is 12.7. The van der Waals surface area contributed by atoms with Crippen molar-refractivity contribution in [2.45, 2.75) is 46.6 Å². The average molecular weight is 410 g/mol. The average Bonchev–Trinajstić information content (AvgIpc) is 2.72. The van der Waals surface area contributed by atoms with Crippen LogP contribution in [0.3, 0.4) is 0 Å². The molecule has 1 saturated heterocycles. The van der Waals surface area contributed by atoms with Crippen molar-refractivity contribution in [3.8, 4) is 0 Å². The van der Waals surface area contributed by atoms with Gasteiger partial charge in [-0.3, -0.25) is 9.69 Å². The molecule has 1 aliphatic rings. The van der Waals surface area contributed by atoms with E-state index >= 15 is 0 Å². The molecule has 6 heteroatoms. The first-order valence-corrected chi connectivity index (χ1v) is 11.0. The minimum atomic E-state index is 0.0402. The number of nitrogens with one attached hydrogen (secondary N) is 1. The molecule has 1 aromatic heterocycles. The Morgan fingerprint density at radius 2 is 1.70 bits per heavy atom. The number of hydrogen-bond acceptors (Lipinski definition) is 5. The van der Waals surface area contributed by atoms with Crippen LogP contribution < -0.4 is 10.2 Å². The third kappa shape index (κ3) is 5.79. The summed E-state index contributed by atoms with van der Waals surface area (Å²) in [4.78, 5) is 26.6. The van der Waals surface area contributed by atoms with Crippen molar-refractivity contribution in [2.24, 2.45) is 5.92 Å². The first kappa shape index (κ1) is 22.2. The molecule has 0 saturated carbocycles. The molecule has 1 aromatic carbocycles. The molecule has 2 aromatic rings. The van der Waals surface area contributed by atoms with E-state index in [4.69, 9.17) is 4.98 Å². The van der Waals surface area contributed by atoms with Gasteiger partial charge in [0.2, 0.25) is 5.91 Å². The Kier molecular flexibility index (Phi) is 7.43. The molecular formula is C24H35N5O. The Morgan fingerprint density at radius 1 is 1.03 bits per heavy atom. The van der Waals surface area contributed by atoms with Gasteiger partial charge in [0.05, 0.1) is 12.6 Å². The van der Waals surface area contributed by atoms with Crippen LogP contribution in [0, 0.1) is 12.8 Å². The lowest BCUT2D eigenvalue weighted by Gasteiger charge is -2.35. The molecule has 0 radical (unpaired) electrons. The Morgan fingerprint density at radius 3 is 2.30 bits per heavy atom. The summed E-state index contributed by atoms with van der Waals surface area (Å²) in [5, 5.41) is 3.24. The number of benzene rings is 1. The van der Waals surface area contributed by atoms with Crippen LogP contribution in [-0.2, 0) is 4.79 Å². The highest BCUT2D eigenvalue weighted by Crippen LogP contribution is 2.22. The van der Waals surface area contributed by atoms with Crippen molar-refractivity contribution in [3.05, 3.63) is 53.5 Å². The SMILES string of the molecule is Cc1cc(N2CCN(CC(=O)N[C@H](c3ccccc3)C(C)C)CC2)nc(C(C)C)n1. The van der Waals surface area contributed by atoms with Crippen LogP contribution in [0.4, 0.5) is 5.82 Å². The quantitative estimate of drug-likeness (QED) is 0.758. The van der Waals surface area contributed by atoms with Gasteiger partial charge in [-0.05, 0) is 18.4 Å². The molecule has 2 heterocycles. The zero-order valence-electron chi connectivity index (χ0n) is 18.9. The van der Waals surface area contributed by atoms with Crippen molar-refractivity contribution < 1.29 is 4.79 Å². The Bertz CT molecular complexity index is 829. The fourth-order valence-corrected chi connectivity index (χ4v) is 3.85. The molecule has 0 aliphatic carbocycles. The number of aryl methyl sites for hydroxylation is 1. The largest absolute Gasteiger partial charge is 0.354 e. The summed E-state index contributed by atoms with van der Waals surface area (Å²) >= 11 is 0. The maximum atomic E-state index is 12.7. The molecule has 0 spiro atoms. The topological polar surface area (TPSA) is 61.4 Å². The van der Waals surface area contributed by atoms with Crippen molar-refractivity contribution in [1.29, 1.82) is 0 Å². The van der Waals surface area contributed by atoms with Gasteiger partial charge in [0.15, 0.2) is 0 Å². The van der Waals surface area contributed by atoms with Crippen LogP contribution in [0.25, 0.3) is 0 Å². The number of aromatic nitrogens is 2. The maximum Gasteiger partial charge on any atom is 0.234 e. The molecule has 1 atom stereocenters. The van der Waals surface area contributed by atoms with Crippen LogP contribution >= 0.6 is 0 Å². The zero-order chi connectivity index (χ0) is 21.7. The van der Waals surface area contributed by atoms with Gasteiger partial charge in [-0.2, -0.15) is 0 Å². The number of amides is 1. The molecule has 1 aliphatic heterocycles. The highest BCUT2D eigenvalue weighted by Gasteiger charge is 2.23. The van der Waals surface area contributed by atoms with Crippen LogP contribution in [0.15, 0.2) is 36.4 Å². The highest BCUT2D eigenvalue weighted by atomic mass is 16.2. The number of carbonyl (C=O) groups is 1. The van der Waals surface area contributed by atoms with Crippen LogP contribution in [0.2, 0.25) is 0 Å². The molecule has 1 fully saturated rings. The van der Waals surface area contributed by atoms with E-state index in [0.29, 0.717) is 18.4 Å². The third-order valence-corrected chi connectivity index (χ3v) is 5.58. The standard InChI is InChI=1S/C24H35N5O/c1-17(2)23(20-9-7-6-8-10-20)27-22(30)16-28-11-13-29(14-12-28)21-15-19(5)25-24(26-21)18(3)4/h6-10,15,17-18,23H,11-14,16H2,1-5H3,(H,27,30)/t23-/m0/s1. The molecular weight excluding hydrogens is 374 g/mol. The van der Waals surface area contributed by atoms with E-state index in [-0.39, 0.29) is 11.9 Å². The lowest BCUT2D eigenvalue weighted by atomic mass is 9.96. The van der Waals surface area contributed by atoms with Crippen molar-refractivity contribution in [2.75, 3.05) is 37.6 Å². The number of nitrogens with zero attached hydrogens (tertiary/aromatic N) is 4. The van der Waals surface area contributed by atoms with Gasteiger partial charge >= 0.3 is 0 Å². The second-order valence-electron chi connectivity index (χ2n) is 8.84. The molecule has 6 nitrogen and oxygen atoms in total. The summed E-state index contributed by atoms with van der Waals surface area (Å²) in [6.07, 6.45) is 0. The fourth-order valence-electron chi connectivity index (χ4n) is 3.85. The minimum absolute atomic E-state index is 0.0402. The number of carbonyl (C=O) groups excluding carboxylic acids is 1. The molecule has 1 amide bonds. The molecule has 0 unspecified atom stereocenters. The molecule has 3 rings (SSSR count). The minimum Gasteiger partial charge on any atom is -0.354 e. The van der Waals surface area contributed by atoms with Crippen LogP contribution in [-0.4, -0.2) is 53.5 Å². The van der Waals surface area contributed by atoms with Crippen LogP contribution in [0.5, 0.6) is 0 Å². The lowest BCUT2D eigenvalue weighted by Crippen LogP contribution is -2.50. The van der Waals surface area contributed by atoms with Crippen LogP contribution in [0.1, 0.15) is 56.7 Å². The van der Waals surface area contributed by atoms with Gasteiger partial charge in [-0.15, -0.1) is 0 Å². The van der Waals surface area contributed by atoms with Crippen molar-refractivity contribution in [3.63, 3.8) is 0 Å². The van der Waals surface area contributed by atoms with E-state index in [1.807, 2.05) is 25.1 Å². The van der Waals surface area contributed by atoms with Crippen molar-refractivity contribution >= 4 is 11.7 Å². The number of hydrogen-bond donors (Lipinski definition) is 1. The Balaban J connectivity index is 1.55. The second kappa shape index (κ2) is 10.0. The van der Waals surface area contributed by atoms with E-state index in [2.05, 4.69) is 66.0 Å². The number of rotatable bonds is 7.